The van der Waals surface area contributed by atoms with Gasteiger partial charge < -0.3 is 4.90 Å². The Morgan fingerprint density at radius 3 is 2.54 bits per heavy atom. The second-order valence-electron chi connectivity index (χ2n) is 6.53. The molecule has 3 aliphatic rings. The lowest BCUT2D eigenvalue weighted by Crippen LogP contribution is -2.55. The number of hydrogen-bond acceptors (Lipinski definition) is 7. The topological polar surface area (TPSA) is 149 Å². The van der Waals surface area contributed by atoms with Crippen molar-refractivity contribution in [2.45, 2.75) is 37.8 Å². The fraction of sp³-hybridized carbons (Fsp3) is 0.769. The van der Waals surface area contributed by atoms with Gasteiger partial charge in [0.25, 0.3) is 11.8 Å². The van der Waals surface area contributed by atoms with E-state index < -0.39 is 34.4 Å². The Labute approximate surface area is 150 Å². The van der Waals surface area contributed by atoms with Crippen LogP contribution < -0.4 is 10.9 Å². The summed E-state index contributed by atoms with van der Waals surface area (Å²) in [6.45, 7) is 1.97. The lowest BCUT2D eigenvalue weighted by molar-refractivity contribution is -0.132. The first-order valence-corrected chi connectivity index (χ1v) is 9.69. The Morgan fingerprint density at radius 1 is 1.19 bits per heavy atom. The molecule has 26 heavy (non-hydrogen) atoms. The van der Waals surface area contributed by atoms with E-state index in [2.05, 4.69) is 15.1 Å². The molecule has 0 saturated carbocycles. The van der Waals surface area contributed by atoms with E-state index in [0.717, 1.165) is 30.8 Å². The van der Waals surface area contributed by atoms with Crippen LogP contribution in [0.1, 0.15) is 25.7 Å². The molecule has 3 N–H and O–H groups in total. The van der Waals surface area contributed by atoms with Crippen molar-refractivity contribution in [3.8, 4) is 0 Å². The molecule has 2 atom stereocenters. The molecule has 0 aromatic heterocycles. The number of likely N-dealkylation sites (tertiary alicyclic amines) is 1. The summed E-state index contributed by atoms with van der Waals surface area (Å²) in [4.78, 5) is 39.5. The maximum atomic E-state index is 12.3. The number of fused-ring (bicyclic) bond motifs is 2. The summed E-state index contributed by atoms with van der Waals surface area (Å²) in [6, 6.07) is -2.26. The molecule has 13 heteroatoms. The number of hydroxylamine groups is 2. The average molecular weight is 391 g/mol. The van der Waals surface area contributed by atoms with Gasteiger partial charge in [0, 0.05) is 6.54 Å². The molecule has 0 radical (unpaired) electrons. The number of rotatable bonds is 5. The van der Waals surface area contributed by atoms with Crippen molar-refractivity contribution < 1.29 is 31.6 Å². The summed E-state index contributed by atoms with van der Waals surface area (Å²) >= 11 is 0. The molecule has 3 aliphatic heterocycles. The SMILES string of the molecule is O=C(CN1CCCC1)NNC(=O)[C@H]1CC[C@H]2CN1C(=O)N2OS(=O)(=O)O. The van der Waals surface area contributed by atoms with E-state index in [0.29, 0.717) is 11.5 Å². The Morgan fingerprint density at radius 2 is 1.88 bits per heavy atom. The van der Waals surface area contributed by atoms with Gasteiger partial charge in [0.1, 0.15) is 6.04 Å². The number of hydrazine groups is 1. The van der Waals surface area contributed by atoms with Crippen molar-refractivity contribution in [3.63, 3.8) is 0 Å². The van der Waals surface area contributed by atoms with Crippen LogP contribution in [0, 0.1) is 0 Å². The van der Waals surface area contributed by atoms with E-state index in [9.17, 15) is 22.8 Å². The van der Waals surface area contributed by atoms with Gasteiger partial charge in [0.05, 0.1) is 12.6 Å². The largest absolute Gasteiger partial charge is 0.418 e. The minimum atomic E-state index is -4.83. The normalized spacial score (nSPS) is 26.3. The Hall–Kier alpha value is -1.96. The van der Waals surface area contributed by atoms with Crippen LogP contribution in [-0.2, 0) is 24.3 Å². The van der Waals surface area contributed by atoms with Crippen LogP contribution in [0.3, 0.4) is 0 Å². The summed E-state index contributed by atoms with van der Waals surface area (Å²) in [6.07, 6.45) is 2.68. The third-order valence-electron chi connectivity index (χ3n) is 4.69. The van der Waals surface area contributed by atoms with Crippen molar-refractivity contribution in [2.75, 3.05) is 26.2 Å². The molecule has 3 rings (SSSR count). The lowest BCUT2D eigenvalue weighted by Gasteiger charge is -2.29. The average Bonchev–Trinajstić information content (AvgIpc) is 3.15. The number of piperidine rings is 1. The molecule has 4 amide bonds. The highest BCUT2D eigenvalue weighted by atomic mass is 32.3. The van der Waals surface area contributed by atoms with Gasteiger partial charge in [-0.05, 0) is 38.8 Å². The van der Waals surface area contributed by atoms with Gasteiger partial charge in [-0.1, -0.05) is 0 Å². The monoisotopic (exact) mass is 391 g/mol. The van der Waals surface area contributed by atoms with Gasteiger partial charge in [0.15, 0.2) is 0 Å². The van der Waals surface area contributed by atoms with E-state index >= 15 is 0 Å². The number of urea groups is 1. The molecule has 3 heterocycles. The van der Waals surface area contributed by atoms with Gasteiger partial charge >= 0.3 is 16.4 Å². The minimum Gasteiger partial charge on any atom is -0.309 e. The highest BCUT2D eigenvalue weighted by molar-refractivity contribution is 7.80. The number of carbonyl (C=O) groups is 3. The van der Waals surface area contributed by atoms with E-state index in [1.165, 1.54) is 0 Å². The number of nitrogens with zero attached hydrogens (tertiary/aromatic N) is 3. The van der Waals surface area contributed by atoms with Crippen LogP contribution >= 0.6 is 0 Å². The second-order valence-corrected chi connectivity index (χ2v) is 7.54. The molecule has 12 nitrogen and oxygen atoms in total. The summed E-state index contributed by atoms with van der Waals surface area (Å²) < 4.78 is 34.7. The summed E-state index contributed by atoms with van der Waals surface area (Å²) in [7, 11) is -4.83. The maximum absolute atomic E-state index is 12.3. The molecule has 3 saturated heterocycles. The number of nitrogens with one attached hydrogen (secondary N) is 2. The Kier molecular flexibility index (Phi) is 5.32. The van der Waals surface area contributed by atoms with Crippen LogP contribution in [0.25, 0.3) is 0 Å². The van der Waals surface area contributed by atoms with E-state index in [-0.39, 0.29) is 25.4 Å². The van der Waals surface area contributed by atoms with Crippen LogP contribution in [0.4, 0.5) is 4.79 Å². The lowest BCUT2D eigenvalue weighted by atomic mass is 10.0. The van der Waals surface area contributed by atoms with Crippen LogP contribution in [0.15, 0.2) is 0 Å². The molecular weight excluding hydrogens is 370 g/mol. The zero-order chi connectivity index (χ0) is 18.9. The highest BCUT2D eigenvalue weighted by Crippen LogP contribution is 2.30. The fourth-order valence-corrected chi connectivity index (χ4v) is 3.89. The summed E-state index contributed by atoms with van der Waals surface area (Å²) in [5, 5.41) is 0.564. The van der Waals surface area contributed by atoms with Gasteiger partial charge in [-0.3, -0.25) is 29.9 Å². The number of amides is 4. The Balaban J connectivity index is 1.52. The second kappa shape index (κ2) is 7.34. The molecule has 0 spiro atoms. The smallest absolute Gasteiger partial charge is 0.309 e. The van der Waals surface area contributed by atoms with Crippen molar-refractivity contribution in [1.82, 2.24) is 25.7 Å². The number of carbonyl (C=O) groups excluding carboxylic acids is 3. The summed E-state index contributed by atoms with van der Waals surface area (Å²) in [5.74, 6) is -0.918. The molecule has 2 bridgehead atoms. The first-order valence-electron chi connectivity index (χ1n) is 8.32. The van der Waals surface area contributed by atoms with Gasteiger partial charge in [-0.25, -0.2) is 4.79 Å². The van der Waals surface area contributed by atoms with Gasteiger partial charge in [-0.15, -0.1) is 4.28 Å². The summed E-state index contributed by atoms with van der Waals surface area (Å²) in [5.41, 5.74) is 4.64. The third kappa shape index (κ3) is 4.23. The molecule has 0 aromatic rings. The van der Waals surface area contributed by atoms with Crippen LogP contribution in [0.5, 0.6) is 0 Å². The molecule has 0 aliphatic carbocycles. The maximum Gasteiger partial charge on any atom is 0.418 e. The van der Waals surface area contributed by atoms with Crippen LogP contribution in [0.2, 0.25) is 0 Å². The molecule has 3 fully saturated rings. The molecule has 0 aromatic carbocycles. The first kappa shape index (κ1) is 18.8. The van der Waals surface area contributed by atoms with E-state index in [4.69, 9.17) is 4.55 Å². The van der Waals surface area contributed by atoms with E-state index in [1.807, 2.05) is 4.90 Å². The van der Waals surface area contributed by atoms with Crippen molar-refractivity contribution in [2.24, 2.45) is 0 Å². The van der Waals surface area contributed by atoms with Crippen LogP contribution in [-0.4, -0.2) is 83.9 Å². The third-order valence-corrected chi connectivity index (χ3v) is 5.04. The fourth-order valence-electron chi connectivity index (χ4n) is 3.50. The molecular formula is C13H21N5O7S. The Bertz CT molecular complexity index is 693. The standard InChI is InChI=1S/C13H21N5O7S/c19-11(8-16-5-1-2-6-16)14-15-12(20)10-4-3-9-7-17(10)13(21)18(9)25-26(22,23)24/h9-10H,1-8H2,(H,14,19)(H,15,20)(H,22,23,24)/t9-,10+/m0/s1. The highest BCUT2D eigenvalue weighted by Gasteiger charge is 2.49. The van der Waals surface area contributed by atoms with Gasteiger partial charge in [0.2, 0.25) is 0 Å². The van der Waals surface area contributed by atoms with E-state index in [1.54, 1.807) is 0 Å². The first-order chi connectivity index (χ1) is 12.2. The zero-order valence-electron chi connectivity index (χ0n) is 14.0. The molecule has 146 valence electrons. The zero-order valence-corrected chi connectivity index (χ0v) is 14.8. The van der Waals surface area contributed by atoms with Crippen molar-refractivity contribution in [3.05, 3.63) is 0 Å². The van der Waals surface area contributed by atoms with Crippen molar-refractivity contribution in [1.29, 1.82) is 0 Å². The van der Waals surface area contributed by atoms with Crippen molar-refractivity contribution >= 4 is 28.2 Å². The molecule has 0 unspecified atom stereocenters. The number of hydrogen-bond donors (Lipinski definition) is 3. The predicted octanol–water partition coefficient (Wildman–Crippen LogP) is -1.77. The predicted molar refractivity (Wildman–Crippen MR) is 85.3 cm³/mol. The minimum absolute atomic E-state index is 0.0914. The quantitative estimate of drug-likeness (QED) is 0.368. The van der Waals surface area contributed by atoms with Gasteiger partial charge in [-0.2, -0.15) is 13.5 Å².